The summed E-state index contributed by atoms with van der Waals surface area (Å²) in [5.74, 6) is 3.29. The first kappa shape index (κ1) is 14.8. The Hall–Kier alpha value is -0.220. The van der Waals surface area contributed by atoms with Gasteiger partial charge in [-0.05, 0) is 37.5 Å². The van der Waals surface area contributed by atoms with Gasteiger partial charge in [0.05, 0.1) is 0 Å². The van der Waals surface area contributed by atoms with Gasteiger partial charge in [-0.15, -0.1) is 0 Å². The van der Waals surface area contributed by atoms with Crippen molar-refractivity contribution < 1.29 is 4.79 Å². The van der Waals surface area contributed by atoms with E-state index in [1.54, 1.807) is 0 Å². The number of nitrogens with two attached hydrogens (primary N) is 1. The van der Waals surface area contributed by atoms with Crippen LogP contribution in [0.1, 0.15) is 39.0 Å². The summed E-state index contributed by atoms with van der Waals surface area (Å²) < 4.78 is 0. The van der Waals surface area contributed by atoms with Gasteiger partial charge < -0.3 is 10.6 Å². The molecular formula is C13H26N2OS. The number of hydrogen-bond donors (Lipinski definition) is 1. The van der Waals surface area contributed by atoms with Gasteiger partial charge in [0.2, 0.25) is 5.91 Å². The SMILES string of the molecule is CCC(CCN)CCC(=O)N1CCCSCC1. The minimum absolute atomic E-state index is 0.350. The molecule has 1 saturated heterocycles. The molecule has 1 aliphatic heterocycles. The van der Waals surface area contributed by atoms with Crippen molar-refractivity contribution in [1.29, 1.82) is 0 Å². The van der Waals surface area contributed by atoms with Gasteiger partial charge in [0, 0.05) is 25.3 Å². The van der Waals surface area contributed by atoms with E-state index < -0.39 is 0 Å². The van der Waals surface area contributed by atoms with E-state index in [1.165, 1.54) is 5.75 Å². The summed E-state index contributed by atoms with van der Waals surface area (Å²) >= 11 is 1.96. The summed E-state index contributed by atoms with van der Waals surface area (Å²) in [5.41, 5.74) is 5.58. The summed E-state index contributed by atoms with van der Waals surface area (Å²) in [7, 11) is 0. The predicted molar refractivity (Wildman–Crippen MR) is 75.2 cm³/mol. The third kappa shape index (κ3) is 5.77. The first-order valence-corrected chi connectivity index (χ1v) is 7.99. The lowest BCUT2D eigenvalue weighted by Crippen LogP contribution is -2.33. The van der Waals surface area contributed by atoms with Gasteiger partial charge in [-0.25, -0.2) is 0 Å². The summed E-state index contributed by atoms with van der Waals surface area (Å²) in [5, 5.41) is 0. The molecule has 1 unspecified atom stereocenters. The van der Waals surface area contributed by atoms with Gasteiger partial charge in [-0.1, -0.05) is 13.3 Å². The molecule has 0 aromatic rings. The Kier molecular flexibility index (Phi) is 7.69. The van der Waals surface area contributed by atoms with Crippen molar-refractivity contribution in [2.45, 2.75) is 39.0 Å². The topological polar surface area (TPSA) is 46.3 Å². The molecule has 1 aliphatic rings. The Morgan fingerprint density at radius 2 is 2.18 bits per heavy atom. The molecule has 1 atom stereocenters. The molecule has 17 heavy (non-hydrogen) atoms. The van der Waals surface area contributed by atoms with Gasteiger partial charge in [0.15, 0.2) is 0 Å². The van der Waals surface area contributed by atoms with Crippen LogP contribution in [-0.2, 0) is 4.79 Å². The maximum atomic E-state index is 12.1. The van der Waals surface area contributed by atoms with Crippen molar-refractivity contribution in [2.24, 2.45) is 11.7 Å². The molecule has 3 nitrogen and oxygen atoms in total. The number of carbonyl (C=O) groups is 1. The molecule has 0 aliphatic carbocycles. The van der Waals surface area contributed by atoms with Crippen molar-refractivity contribution in [1.82, 2.24) is 4.90 Å². The zero-order chi connectivity index (χ0) is 12.5. The second-order valence-electron chi connectivity index (χ2n) is 4.74. The molecule has 0 aromatic carbocycles. The smallest absolute Gasteiger partial charge is 0.222 e. The van der Waals surface area contributed by atoms with Crippen LogP contribution >= 0.6 is 11.8 Å². The van der Waals surface area contributed by atoms with Gasteiger partial charge >= 0.3 is 0 Å². The Balaban J connectivity index is 2.26. The van der Waals surface area contributed by atoms with Gasteiger partial charge in [0.1, 0.15) is 0 Å². The zero-order valence-corrected chi connectivity index (χ0v) is 11.8. The molecule has 4 heteroatoms. The molecule has 0 radical (unpaired) electrons. The van der Waals surface area contributed by atoms with Crippen molar-refractivity contribution >= 4 is 17.7 Å². The maximum Gasteiger partial charge on any atom is 0.222 e. The van der Waals surface area contributed by atoms with Crippen LogP contribution in [0, 0.1) is 5.92 Å². The molecule has 0 aromatic heterocycles. The molecule has 100 valence electrons. The third-order valence-electron chi connectivity index (χ3n) is 3.49. The van der Waals surface area contributed by atoms with E-state index in [0.29, 0.717) is 18.2 Å². The average molecular weight is 258 g/mol. The number of thioether (sulfide) groups is 1. The summed E-state index contributed by atoms with van der Waals surface area (Å²) in [6, 6.07) is 0. The normalized spacial score (nSPS) is 18.8. The first-order chi connectivity index (χ1) is 8.27. The van der Waals surface area contributed by atoms with E-state index in [4.69, 9.17) is 5.73 Å². The van der Waals surface area contributed by atoms with Crippen molar-refractivity contribution in [2.75, 3.05) is 31.1 Å². The van der Waals surface area contributed by atoms with Gasteiger partial charge in [0.25, 0.3) is 0 Å². The van der Waals surface area contributed by atoms with Crippen LogP contribution in [0.15, 0.2) is 0 Å². The van der Waals surface area contributed by atoms with E-state index in [9.17, 15) is 4.79 Å². The Morgan fingerprint density at radius 1 is 1.35 bits per heavy atom. The van der Waals surface area contributed by atoms with Crippen LogP contribution < -0.4 is 5.73 Å². The number of nitrogens with zero attached hydrogens (tertiary/aromatic N) is 1. The van der Waals surface area contributed by atoms with Crippen LogP contribution in [0.2, 0.25) is 0 Å². The quantitative estimate of drug-likeness (QED) is 0.793. The lowest BCUT2D eigenvalue weighted by atomic mass is 9.96. The highest BCUT2D eigenvalue weighted by molar-refractivity contribution is 7.99. The molecule has 1 rings (SSSR count). The average Bonchev–Trinajstić information content (AvgIpc) is 2.62. The fourth-order valence-corrected chi connectivity index (χ4v) is 3.16. The molecule has 0 spiro atoms. The number of hydrogen-bond acceptors (Lipinski definition) is 3. The Bertz CT molecular complexity index is 215. The van der Waals surface area contributed by atoms with Gasteiger partial charge in [-0.2, -0.15) is 11.8 Å². The van der Waals surface area contributed by atoms with Crippen molar-refractivity contribution in [3.8, 4) is 0 Å². The molecule has 1 heterocycles. The minimum atomic E-state index is 0.350. The maximum absolute atomic E-state index is 12.1. The second-order valence-corrected chi connectivity index (χ2v) is 5.96. The lowest BCUT2D eigenvalue weighted by molar-refractivity contribution is -0.131. The van der Waals surface area contributed by atoms with E-state index in [0.717, 1.165) is 51.1 Å². The van der Waals surface area contributed by atoms with E-state index in [1.807, 2.05) is 11.8 Å². The highest BCUT2D eigenvalue weighted by Gasteiger charge is 2.16. The summed E-state index contributed by atoms with van der Waals surface area (Å²) in [6.07, 6.45) is 5.07. The second kappa shape index (κ2) is 8.81. The Morgan fingerprint density at radius 3 is 2.88 bits per heavy atom. The molecule has 2 N–H and O–H groups in total. The fourth-order valence-electron chi connectivity index (χ4n) is 2.27. The van der Waals surface area contributed by atoms with Gasteiger partial charge in [-0.3, -0.25) is 4.79 Å². The van der Waals surface area contributed by atoms with Crippen LogP contribution in [0.5, 0.6) is 0 Å². The zero-order valence-electron chi connectivity index (χ0n) is 11.0. The van der Waals surface area contributed by atoms with Crippen LogP contribution in [0.25, 0.3) is 0 Å². The highest BCUT2D eigenvalue weighted by Crippen LogP contribution is 2.17. The molecule has 0 saturated carbocycles. The molecule has 1 amide bonds. The number of amides is 1. The Labute approximate surface area is 109 Å². The molecular weight excluding hydrogens is 232 g/mol. The summed E-state index contributed by atoms with van der Waals surface area (Å²) in [6.45, 7) is 4.83. The molecule has 0 bridgehead atoms. The fraction of sp³-hybridized carbons (Fsp3) is 0.923. The lowest BCUT2D eigenvalue weighted by Gasteiger charge is -2.21. The largest absolute Gasteiger partial charge is 0.342 e. The predicted octanol–water partition coefficient (Wildman–Crippen LogP) is 2.11. The molecule has 1 fully saturated rings. The van der Waals surface area contributed by atoms with Crippen LogP contribution in [-0.4, -0.2) is 41.9 Å². The third-order valence-corrected chi connectivity index (χ3v) is 4.54. The summed E-state index contributed by atoms with van der Waals surface area (Å²) in [4.78, 5) is 14.1. The van der Waals surface area contributed by atoms with Crippen LogP contribution in [0.3, 0.4) is 0 Å². The van der Waals surface area contributed by atoms with E-state index in [2.05, 4.69) is 11.8 Å². The minimum Gasteiger partial charge on any atom is -0.342 e. The highest BCUT2D eigenvalue weighted by atomic mass is 32.2. The van der Waals surface area contributed by atoms with E-state index >= 15 is 0 Å². The standard InChI is InChI=1S/C13H26N2OS/c1-2-12(6-7-14)4-5-13(16)15-8-3-10-17-11-9-15/h12H,2-11,14H2,1H3. The van der Waals surface area contributed by atoms with Crippen molar-refractivity contribution in [3.63, 3.8) is 0 Å². The monoisotopic (exact) mass is 258 g/mol. The number of carbonyl (C=O) groups excluding carboxylic acids is 1. The van der Waals surface area contributed by atoms with Crippen LogP contribution in [0.4, 0.5) is 0 Å². The first-order valence-electron chi connectivity index (χ1n) is 6.83. The van der Waals surface area contributed by atoms with E-state index in [-0.39, 0.29) is 0 Å². The number of rotatable bonds is 6. The van der Waals surface area contributed by atoms with Crippen molar-refractivity contribution in [3.05, 3.63) is 0 Å².